The molecule has 0 aliphatic rings. The highest BCUT2D eigenvalue weighted by molar-refractivity contribution is 6.29. The number of nitrogens with one attached hydrogen (secondary N) is 1. The van der Waals surface area contributed by atoms with E-state index in [2.05, 4.69) is 10.3 Å². The number of aryl methyl sites for hydroxylation is 1. The Hall–Kier alpha value is -2.14. The largest absolute Gasteiger partial charge is 0.456 e. The molecule has 122 valence electrons. The summed E-state index contributed by atoms with van der Waals surface area (Å²) in [4.78, 5) is 16.1. The molecule has 0 aliphatic heterocycles. The Kier molecular flexibility index (Phi) is 4.90. The fourth-order valence-electron chi connectivity index (χ4n) is 1.91. The lowest BCUT2D eigenvalue weighted by Crippen LogP contribution is -2.24. The van der Waals surface area contributed by atoms with Crippen LogP contribution in [0.5, 0.6) is 0 Å². The van der Waals surface area contributed by atoms with Crippen molar-refractivity contribution in [1.29, 1.82) is 0 Å². The lowest BCUT2D eigenvalue weighted by atomic mass is 10.1. The Bertz CT molecular complexity index is 742. The number of hydrogen-bond acceptors (Lipinski definition) is 4. The highest BCUT2D eigenvalue weighted by atomic mass is 35.5. The Labute approximate surface area is 139 Å². The van der Waals surface area contributed by atoms with Gasteiger partial charge in [0.25, 0.3) is 0 Å². The predicted octanol–water partition coefficient (Wildman–Crippen LogP) is 4.88. The molecule has 0 spiro atoms. The van der Waals surface area contributed by atoms with E-state index >= 15 is 0 Å². The molecule has 1 aromatic carbocycles. The van der Waals surface area contributed by atoms with Crippen molar-refractivity contribution in [2.24, 2.45) is 0 Å². The normalized spacial score (nSPS) is 11.2. The van der Waals surface area contributed by atoms with Gasteiger partial charge >= 0.3 is 5.97 Å². The molecule has 0 atom stereocenters. The lowest BCUT2D eigenvalue weighted by Gasteiger charge is -2.21. The minimum atomic E-state index is -0.636. The number of esters is 1. The minimum Gasteiger partial charge on any atom is -0.456 e. The van der Waals surface area contributed by atoms with Gasteiger partial charge in [-0.2, -0.15) is 0 Å². The minimum absolute atomic E-state index is 0.202. The van der Waals surface area contributed by atoms with Crippen molar-refractivity contribution >= 4 is 28.9 Å². The van der Waals surface area contributed by atoms with E-state index in [0.29, 0.717) is 16.9 Å². The van der Waals surface area contributed by atoms with Crippen LogP contribution in [0.4, 0.5) is 15.8 Å². The van der Waals surface area contributed by atoms with Crippen LogP contribution in [0.25, 0.3) is 0 Å². The van der Waals surface area contributed by atoms with Crippen LogP contribution in [-0.4, -0.2) is 16.6 Å². The molecule has 0 saturated heterocycles. The number of hydrogen-bond donors (Lipinski definition) is 1. The maximum absolute atomic E-state index is 13.5. The van der Waals surface area contributed by atoms with Gasteiger partial charge in [0.05, 0.1) is 23.1 Å². The number of carbonyl (C=O) groups excluding carboxylic acids is 1. The van der Waals surface area contributed by atoms with Crippen molar-refractivity contribution in [2.75, 3.05) is 5.32 Å². The number of halogens is 2. The van der Waals surface area contributed by atoms with Crippen molar-refractivity contribution in [1.82, 2.24) is 4.98 Å². The van der Waals surface area contributed by atoms with E-state index in [4.69, 9.17) is 16.3 Å². The third kappa shape index (κ3) is 4.66. The third-order valence-electron chi connectivity index (χ3n) is 2.87. The van der Waals surface area contributed by atoms with E-state index in [9.17, 15) is 9.18 Å². The fourth-order valence-corrected chi connectivity index (χ4v) is 2.02. The van der Waals surface area contributed by atoms with Gasteiger partial charge < -0.3 is 10.1 Å². The molecule has 0 fully saturated rings. The van der Waals surface area contributed by atoms with Crippen LogP contribution in [0, 0.1) is 12.7 Å². The second-order valence-corrected chi connectivity index (χ2v) is 6.53. The van der Waals surface area contributed by atoms with Gasteiger partial charge in [0.2, 0.25) is 0 Å². The number of pyridine rings is 1. The van der Waals surface area contributed by atoms with Crippen LogP contribution >= 0.6 is 11.6 Å². The van der Waals surface area contributed by atoms with Gasteiger partial charge in [0, 0.05) is 6.07 Å². The molecule has 0 unspecified atom stereocenters. The van der Waals surface area contributed by atoms with Crippen LogP contribution < -0.4 is 5.32 Å². The number of nitrogens with zero attached hydrogens (tertiary/aromatic N) is 1. The first-order valence-electron chi connectivity index (χ1n) is 7.08. The summed E-state index contributed by atoms with van der Waals surface area (Å²) in [5.41, 5.74) is 1.58. The van der Waals surface area contributed by atoms with Gasteiger partial charge in [-0.15, -0.1) is 0 Å². The number of aromatic nitrogens is 1. The maximum atomic E-state index is 13.5. The third-order valence-corrected chi connectivity index (χ3v) is 3.15. The number of anilines is 2. The number of rotatable bonds is 3. The summed E-state index contributed by atoms with van der Waals surface area (Å²) in [5, 5.41) is 2.77. The zero-order valence-corrected chi connectivity index (χ0v) is 14.2. The zero-order valence-electron chi connectivity index (χ0n) is 13.4. The van der Waals surface area contributed by atoms with Crippen molar-refractivity contribution in [3.63, 3.8) is 0 Å². The van der Waals surface area contributed by atoms with E-state index in [1.165, 1.54) is 12.3 Å². The van der Waals surface area contributed by atoms with Crippen molar-refractivity contribution in [3.8, 4) is 0 Å². The summed E-state index contributed by atoms with van der Waals surface area (Å²) in [6.45, 7) is 7.27. The molecule has 6 heteroatoms. The van der Waals surface area contributed by atoms with E-state index < -0.39 is 17.4 Å². The van der Waals surface area contributed by atoms with E-state index in [0.717, 1.165) is 5.56 Å². The van der Waals surface area contributed by atoms with E-state index in [1.807, 2.05) is 13.0 Å². The predicted molar refractivity (Wildman–Crippen MR) is 88.8 cm³/mol. The Morgan fingerprint density at radius 2 is 2.00 bits per heavy atom. The van der Waals surface area contributed by atoms with Crippen molar-refractivity contribution < 1.29 is 13.9 Å². The molecule has 0 aliphatic carbocycles. The molecule has 0 amide bonds. The molecule has 1 N–H and O–H groups in total. The second-order valence-electron chi connectivity index (χ2n) is 6.17. The topological polar surface area (TPSA) is 51.2 Å². The number of ether oxygens (including phenoxy) is 1. The first-order valence-corrected chi connectivity index (χ1v) is 7.45. The van der Waals surface area contributed by atoms with Gasteiger partial charge in [-0.3, -0.25) is 0 Å². The molecule has 4 nitrogen and oxygen atoms in total. The molecular formula is C17H18ClFN2O2. The molecular weight excluding hydrogens is 319 g/mol. The van der Waals surface area contributed by atoms with Crippen LogP contribution in [0.3, 0.4) is 0 Å². The molecule has 23 heavy (non-hydrogen) atoms. The average molecular weight is 337 g/mol. The van der Waals surface area contributed by atoms with Crippen LogP contribution in [-0.2, 0) is 4.74 Å². The van der Waals surface area contributed by atoms with Crippen LogP contribution in [0.1, 0.15) is 36.7 Å². The number of benzene rings is 1. The quantitative estimate of drug-likeness (QED) is 0.641. The Morgan fingerprint density at radius 1 is 1.30 bits per heavy atom. The van der Waals surface area contributed by atoms with Gasteiger partial charge in [-0.05, 0) is 39.8 Å². The summed E-state index contributed by atoms with van der Waals surface area (Å²) >= 11 is 5.57. The fraction of sp³-hybridized carbons (Fsp3) is 0.294. The molecule has 1 aromatic heterocycles. The number of carbonyl (C=O) groups is 1. The van der Waals surface area contributed by atoms with Gasteiger partial charge in [0.1, 0.15) is 5.60 Å². The van der Waals surface area contributed by atoms with Crippen molar-refractivity contribution in [3.05, 3.63) is 52.6 Å². The van der Waals surface area contributed by atoms with Gasteiger partial charge in [0.15, 0.2) is 11.0 Å². The van der Waals surface area contributed by atoms with Gasteiger partial charge in [-0.1, -0.05) is 23.2 Å². The smallest absolute Gasteiger partial charge is 0.340 e. The highest BCUT2D eigenvalue weighted by Crippen LogP contribution is 2.25. The standard InChI is InChI=1S/C17H18ClFN2O2/c1-10-5-6-14(12(7-10)16(22)23-17(2,3)4)21-11-8-13(19)15(18)20-9-11/h5-9,21H,1-4H3. The summed E-state index contributed by atoms with van der Waals surface area (Å²) in [6.07, 6.45) is 1.39. The summed E-state index contributed by atoms with van der Waals surface area (Å²) in [5.74, 6) is -1.09. The maximum Gasteiger partial charge on any atom is 0.340 e. The van der Waals surface area contributed by atoms with E-state index in [-0.39, 0.29) is 5.15 Å². The zero-order chi connectivity index (χ0) is 17.2. The molecule has 0 bridgehead atoms. The summed E-state index contributed by atoms with van der Waals surface area (Å²) in [6, 6.07) is 6.52. The monoisotopic (exact) mass is 336 g/mol. The first-order chi connectivity index (χ1) is 10.7. The highest BCUT2D eigenvalue weighted by Gasteiger charge is 2.21. The first kappa shape index (κ1) is 17.2. The summed E-state index contributed by atoms with van der Waals surface area (Å²) in [7, 11) is 0. The van der Waals surface area contributed by atoms with Crippen LogP contribution in [0.2, 0.25) is 5.15 Å². The lowest BCUT2D eigenvalue weighted by molar-refractivity contribution is 0.00706. The van der Waals surface area contributed by atoms with E-state index in [1.54, 1.807) is 32.9 Å². The molecule has 1 heterocycles. The molecule has 0 saturated carbocycles. The average Bonchev–Trinajstić information content (AvgIpc) is 2.43. The second kappa shape index (κ2) is 6.54. The SMILES string of the molecule is Cc1ccc(Nc2cnc(Cl)c(F)c2)c(C(=O)OC(C)(C)C)c1. The Balaban J connectivity index is 2.35. The molecule has 2 rings (SSSR count). The molecule has 2 aromatic rings. The van der Waals surface area contributed by atoms with Crippen molar-refractivity contribution in [2.45, 2.75) is 33.3 Å². The Morgan fingerprint density at radius 3 is 2.61 bits per heavy atom. The van der Waals surface area contributed by atoms with Gasteiger partial charge in [-0.25, -0.2) is 14.2 Å². The summed E-state index contributed by atoms with van der Waals surface area (Å²) < 4.78 is 18.9. The molecule has 0 radical (unpaired) electrons. The van der Waals surface area contributed by atoms with Crippen LogP contribution in [0.15, 0.2) is 30.5 Å².